The lowest BCUT2D eigenvalue weighted by molar-refractivity contribution is 0.228. The van der Waals surface area contributed by atoms with Crippen molar-refractivity contribution in [3.63, 3.8) is 0 Å². The van der Waals surface area contributed by atoms with Crippen molar-refractivity contribution < 1.29 is 4.74 Å². The third kappa shape index (κ3) is 2.74. The Morgan fingerprint density at radius 3 is 2.58 bits per heavy atom. The Morgan fingerprint density at radius 2 is 1.75 bits per heavy atom. The monoisotopic (exact) mass is 315 g/mol. The number of H-pyrrole nitrogens is 1. The number of nitrogens with one attached hydrogen (secondary N) is 1. The molecule has 0 fully saturated rings. The predicted molar refractivity (Wildman–Crippen MR) is 94.8 cm³/mol. The summed E-state index contributed by atoms with van der Waals surface area (Å²) in [5.41, 5.74) is 3.89. The standard InChI is InChI=1S/C20H17N3O/c1-14(15-7-3-2-4-8-15)24-19-10-6-5-9-16(19)20-22-17-11-12-21-13-18(17)23-20/h2-14H,1H3,(H,22,23). The number of para-hydroxylation sites is 1. The summed E-state index contributed by atoms with van der Waals surface area (Å²) in [7, 11) is 0. The van der Waals surface area contributed by atoms with Crippen molar-refractivity contribution in [3.8, 4) is 17.1 Å². The van der Waals surface area contributed by atoms with E-state index in [4.69, 9.17) is 4.74 Å². The van der Waals surface area contributed by atoms with E-state index < -0.39 is 0 Å². The Hall–Kier alpha value is -3.14. The van der Waals surface area contributed by atoms with Crippen LogP contribution in [0.2, 0.25) is 0 Å². The summed E-state index contributed by atoms with van der Waals surface area (Å²) in [6.45, 7) is 2.05. The molecule has 4 heteroatoms. The van der Waals surface area contributed by atoms with Crippen LogP contribution in [0.3, 0.4) is 0 Å². The van der Waals surface area contributed by atoms with E-state index in [-0.39, 0.29) is 6.10 Å². The number of hydrogen-bond acceptors (Lipinski definition) is 3. The van der Waals surface area contributed by atoms with E-state index in [1.165, 1.54) is 0 Å². The van der Waals surface area contributed by atoms with Gasteiger partial charge < -0.3 is 9.72 Å². The quantitative estimate of drug-likeness (QED) is 0.590. The smallest absolute Gasteiger partial charge is 0.142 e. The van der Waals surface area contributed by atoms with Gasteiger partial charge in [0.05, 0.1) is 17.3 Å². The van der Waals surface area contributed by atoms with Crippen molar-refractivity contribution in [2.45, 2.75) is 13.0 Å². The third-order valence-electron chi connectivity index (χ3n) is 4.00. The number of aromatic amines is 1. The molecular formula is C20H17N3O. The van der Waals surface area contributed by atoms with E-state index >= 15 is 0 Å². The number of ether oxygens (including phenoxy) is 1. The summed E-state index contributed by atoms with van der Waals surface area (Å²) in [6.07, 6.45) is 3.47. The van der Waals surface area contributed by atoms with E-state index in [9.17, 15) is 0 Å². The molecule has 4 rings (SSSR count). The molecule has 118 valence electrons. The van der Waals surface area contributed by atoms with E-state index in [1.54, 1.807) is 12.4 Å². The highest BCUT2D eigenvalue weighted by Gasteiger charge is 2.14. The Kier molecular flexibility index (Phi) is 3.71. The molecule has 0 saturated heterocycles. The first-order valence-corrected chi connectivity index (χ1v) is 7.92. The average Bonchev–Trinajstić information content (AvgIpc) is 3.07. The summed E-state index contributed by atoms with van der Waals surface area (Å²) >= 11 is 0. The van der Waals surface area contributed by atoms with Crippen LogP contribution in [0.1, 0.15) is 18.6 Å². The topological polar surface area (TPSA) is 50.8 Å². The SMILES string of the molecule is CC(Oc1ccccc1-c1nc2cnccc2[nH]1)c1ccccc1. The molecule has 2 aromatic heterocycles. The maximum absolute atomic E-state index is 6.21. The zero-order valence-corrected chi connectivity index (χ0v) is 13.3. The van der Waals surface area contributed by atoms with Gasteiger partial charge in [0.1, 0.15) is 23.2 Å². The first-order valence-electron chi connectivity index (χ1n) is 7.92. The number of fused-ring (bicyclic) bond motifs is 1. The summed E-state index contributed by atoms with van der Waals surface area (Å²) in [6, 6.07) is 20.1. The zero-order valence-electron chi connectivity index (χ0n) is 13.3. The molecular weight excluding hydrogens is 298 g/mol. The van der Waals surface area contributed by atoms with Crippen LogP contribution in [-0.2, 0) is 0 Å². The molecule has 2 aromatic carbocycles. The van der Waals surface area contributed by atoms with Gasteiger partial charge in [0.2, 0.25) is 0 Å². The van der Waals surface area contributed by atoms with Crippen LogP contribution in [0.5, 0.6) is 5.75 Å². The van der Waals surface area contributed by atoms with Crippen LogP contribution in [0, 0.1) is 0 Å². The molecule has 1 unspecified atom stereocenters. The van der Waals surface area contributed by atoms with E-state index in [0.29, 0.717) is 0 Å². The first kappa shape index (κ1) is 14.5. The molecule has 0 amide bonds. The Bertz CT molecular complexity index is 930. The van der Waals surface area contributed by atoms with Gasteiger partial charge in [-0.2, -0.15) is 0 Å². The van der Waals surface area contributed by atoms with Crippen molar-refractivity contribution in [2.24, 2.45) is 0 Å². The first-order chi connectivity index (χ1) is 11.8. The van der Waals surface area contributed by atoms with Crippen molar-refractivity contribution in [2.75, 3.05) is 0 Å². The maximum atomic E-state index is 6.21. The molecule has 24 heavy (non-hydrogen) atoms. The Balaban J connectivity index is 1.70. The van der Waals surface area contributed by atoms with Crippen LogP contribution in [0.15, 0.2) is 73.1 Å². The van der Waals surface area contributed by atoms with E-state index in [0.717, 1.165) is 33.7 Å². The van der Waals surface area contributed by atoms with Gasteiger partial charge >= 0.3 is 0 Å². The largest absolute Gasteiger partial charge is 0.485 e. The van der Waals surface area contributed by atoms with Gasteiger partial charge in [-0.3, -0.25) is 4.98 Å². The molecule has 0 saturated carbocycles. The highest BCUT2D eigenvalue weighted by molar-refractivity contribution is 5.79. The highest BCUT2D eigenvalue weighted by atomic mass is 16.5. The fraction of sp³-hybridized carbons (Fsp3) is 0.100. The number of benzene rings is 2. The van der Waals surface area contributed by atoms with Crippen molar-refractivity contribution >= 4 is 11.0 Å². The molecule has 0 spiro atoms. The number of rotatable bonds is 4. The molecule has 1 N–H and O–H groups in total. The van der Waals surface area contributed by atoms with Crippen LogP contribution in [0.4, 0.5) is 0 Å². The van der Waals surface area contributed by atoms with Crippen molar-refractivity contribution in [1.29, 1.82) is 0 Å². The molecule has 1 atom stereocenters. The van der Waals surface area contributed by atoms with Gasteiger partial charge in [-0.1, -0.05) is 42.5 Å². The number of pyridine rings is 1. The van der Waals surface area contributed by atoms with Gasteiger partial charge in [-0.15, -0.1) is 0 Å². The lowest BCUT2D eigenvalue weighted by Gasteiger charge is -2.17. The van der Waals surface area contributed by atoms with Crippen molar-refractivity contribution in [1.82, 2.24) is 15.0 Å². The minimum atomic E-state index is -0.0432. The molecule has 0 aliphatic rings. The Labute approximate surface area is 140 Å². The number of imidazole rings is 1. The van der Waals surface area contributed by atoms with Gasteiger partial charge in [-0.25, -0.2) is 4.98 Å². The lowest BCUT2D eigenvalue weighted by Crippen LogP contribution is -2.04. The normalized spacial score (nSPS) is 12.2. The predicted octanol–water partition coefficient (Wildman–Crippen LogP) is 4.76. The molecule has 2 heterocycles. The fourth-order valence-electron chi connectivity index (χ4n) is 2.73. The van der Waals surface area contributed by atoms with Gasteiger partial charge in [0, 0.05) is 6.20 Å². The van der Waals surface area contributed by atoms with Crippen molar-refractivity contribution in [3.05, 3.63) is 78.6 Å². The lowest BCUT2D eigenvalue weighted by atomic mass is 10.1. The zero-order chi connectivity index (χ0) is 16.4. The van der Waals surface area contributed by atoms with E-state index in [2.05, 4.69) is 34.0 Å². The highest BCUT2D eigenvalue weighted by Crippen LogP contribution is 2.32. The van der Waals surface area contributed by atoms with Gasteiger partial charge in [-0.05, 0) is 30.7 Å². The summed E-state index contributed by atoms with van der Waals surface area (Å²) < 4.78 is 6.21. The number of hydrogen-bond donors (Lipinski definition) is 1. The minimum Gasteiger partial charge on any atom is -0.485 e. The van der Waals surface area contributed by atoms with Gasteiger partial charge in [0.15, 0.2) is 0 Å². The van der Waals surface area contributed by atoms with Crippen LogP contribution < -0.4 is 4.74 Å². The minimum absolute atomic E-state index is 0.0432. The van der Waals surface area contributed by atoms with Crippen LogP contribution in [-0.4, -0.2) is 15.0 Å². The number of nitrogens with zero attached hydrogens (tertiary/aromatic N) is 2. The molecule has 0 aliphatic carbocycles. The molecule has 0 bridgehead atoms. The van der Waals surface area contributed by atoms with E-state index in [1.807, 2.05) is 48.5 Å². The average molecular weight is 315 g/mol. The summed E-state index contributed by atoms with van der Waals surface area (Å²) in [5.74, 6) is 1.59. The maximum Gasteiger partial charge on any atom is 0.142 e. The molecule has 0 radical (unpaired) electrons. The third-order valence-corrected chi connectivity index (χ3v) is 4.00. The molecule has 4 nitrogen and oxygen atoms in total. The van der Waals surface area contributed by atoms with Crippen LogP contribution in [0.25, 0.3) is 22.4 Å². The molecule has 0 aliphatic heterocycles. The summed E-state index contributed by atoms with van der Waals surface area (Å²) in [5, 5.41) is 0. The summed E-state index contributed by atoms with van der Waals surface area (Å²) in [4.78, 5) is 12.1. The fourth-order valence-corrected chi connectivity index (χ4v) is 2.73. The van der Waals surface area contributed by atoms with Crippen LogP contribution >= 0.6 is 0 Å². The second kappa shape index (κ2) is 6.16. The second-order valence-corrected chi connectivity index (χ2v) is 5.65. The molecule has 4 aromatic rings. The number of aromatic nitrogens is 3. The van der Waals surface area contributed by atoms with Gasteiger partial charge in [0.25, 0.3) is 0 Å². The Morgan fingerprint density at radius 1 is 0.958 bits per heavy atom. The second-order valence-electron chi connectivity index (χ2n) is 5.65.